The molecule has 0 radical (unpaired) electrons. The number of Topliss-reactive ketones (excluding diaryl/α,β-unsaturated/α-hetero) is 1. The predicted molar refractivity (Wildman–Crippen MR) is 90.5 cm³/mol. The van der Waals surface area contributed by atoms with Crippen molar-refractivity contribution in [1.82, 2.24) is 0 Å². The van der Waals surface area contributed by atoms with Gasteiger partial charge >= 0.3 is 0 Å². The Bertz CT molecular complexity index is 640. The molecule has 5 nitrogen and oxygen atoms in total. The number of rotatable bonds is 2. The van der Waals surface area contributed by atoms with Gasteiger partial charge in [0.1, 0.15) is 6.61 Å². The van der Waals surface area contributed by atoms with E-state index in [0.29, 0.717) is 12.8 Å². The van der Waals surface area contributed by atoms with E-state index < -0.39 is 24.2 Å². The number of aliphatic hydroxyl groups excluding tert-OH is 2. The average molecular weight is 348 g/mol. The minimum absolute atomic E-state index is 0.00240. The van der Waals surface area contributed by atoms with Gasteiger partial charge in [0.25, 0.3) is 0 Å². The van der Waals surface area contributed by atoms with E-state index in [1.807, 2.05) is 0 Å². The molecule has 0 aromatic carbocycles. The highest BCUT2D eigenvalue weighted by Gasteiger charge is 2.64. The van der Waals surface area contributed by atoms with Gasteiger partial charge < -0.3 is 15.3 Å². The standard InChI is InChI=1S/C20H28O5/c1-19-7-6-12(22)8-11(19)2-3-13-14-4-5-15(17(24)10-21)20(14,25)9-16(23)18(13)19/h8,13-16,18,21,23,25H,2-7,9-10H2,1H3. The first kappa shape index (κ1) is 17.4. The summed E-state index contributed by atoms with van der Waals surface area (Å²) in [5.41, 5.74) is -0.213. The molecular weight excluding hydrogens is 320 g/mol. The lowest BCUT2D eigenvalue weighted by Crippen LogP contribution is -2.61. The summed E-state index contributed by atoms with van der Waals surface area (Å²) < 4.78 is 0. The zero-order valence-corrected chi connectivity index (χ0v) is 14.8. The van der Waals surface area contributed by atoms with Crippen LogP contribution in [0.4, 0.5) is 0 Å². The first-order valence-corrected chi connectivity index (χ1v) is 9.59. The number of ketones is 2. The molecule has 0 saturated heterocycles. The molecule has 3 fully saturated rings. The van der Waals surface area contributed by atoms with Crippen molar-refractivity contribution in [2.45, 2.75) is 63.6 Å². The van der Waals surface area contributed by atoms with Crippen LogP contribution in [0.1, 0.15) is 51.9 Å². The van der Waals surface area contributed by atoms with Crippen LogP contribution in [0.3, 0.4) is 0 Å². The Morgan fingerprint density at radius 2 is 2.04 bits per heavy atom. The van der Waals surface area contributed by atoms with Gasteiger partial charge in [-0.05, 0) is 61.3 Å². The smallest absolute Gasteiger partial charge is 0.164 e. The highest BCUT2D eigenvalue weighted by Crippen LogP contribution is 2.63. The number of hydrogen-bond donors (Lipinski definition) is 3. The molecule has 0 amide bonds. The van der Waals surface area contributed by atoms with Gasteiger partial charge in [-0.2, -0.15) is 0 Å². The van der Waals surface area contributed by atoms with Crippen LogP contribution in [0, 0.1) is 29.1 Å². The molecular formula is C20H28O5. The van der Waals surface area contributed by atoms with Gasteiger partial charge in [0.2, 0.25) is 0 Å². The Hall–Kier alpha value is -1.04. The summed E-state index contributed by atoms with van der Waals surface area (Å²) in [6, 6.07) is 0. The third kappa shape index (κ3) is 2.32. The van der Waals surface area contributed by atoms with Crippen molar-refractivity contribution in [3.63, 3.8) is 0 Å². The number of carbonyl (C=O) groups is 2. The van der Waals surface area contributed by atoms with Crippen LogP contribution < -0.4 is 0 Å². The SMILES string of the molecule is CC12CCC(=O)C=C1CCC1C2C(O)CC2(O)C(C(=O)CO)CCC12. The molecule has 4 aliphatic carbocycles. The number of fused-ring (bicyclic) bond motifs is 5. The summed E-state index contributed by atoms with van der Waals surface area (Å²) >= 11 is 0. The summed E-state index contributed by atoms with van der Waals surface area (Å²) in [7, 11) is 0. The fourth-order valence-corrected chi connectivity index (χ4v) is 6.84. The van der Waals surface area contributed by atoms with Gasteiger partial charge in [-0.3, -0.25) is 9.59 Å². The molecule has 25 heavy (non-hydrogen) atoms. The van der Waals surface area contributed by atoms with E-state index >= 15 is 0 Å². The fourth-order valence-electron chi connectivity index (χ4n) is 6.84. The molecule has 3 saturated carbocycles. The van der Waals surface area contributed by atoms with Gasteiger partial charge in [-0.1, -0.05) is 12.5 Å². The molecule has 7 unspecified atom stereocenters. The van der Waals surface area contributed by atoms with E-state index in [4.69, 9.17) is 0 Å². The van der Waals surface area contributed by atoms with Crippen molar-refractivity contribution < 1.29 is 24.9 Å². The van der Waals surface area contributed by atoms with Crippen molar-refractivity contribution in [1.29, 1.82) is 0 Å². The largest absolute Gasteiger partial charge is 0.393 e. The van der Waals surface area contributed by atoms with Crippen molar-refractivity contribution >= 4 is 11.6 Å². The molecule has 4 rings (SSSR count). The fraction of sp³-hybridized carbons (Fsp3) is 0.800. The van der Waals surface area contributed by atoms with Crippen LogP contribution in [0.25, 0.3) is 0 Å². The molecule has 0 bridgehead atoms. The van der Waals surface area contributed by atoms with E-state index in [9.17, 15) is 24.9 Å². The topological polar surface area (TPSA) is 94.8 Å². The second kappa shape index (κ2) is 5.73. The quantitative estimate of drug-likeness (QED) is 0.701. The maximum atomic E-state index is 12.1. The number of allylic oxidation sites excluding steroid dienone is 1. The van der Waals surface area contributed by atoms with E-state index in [1.165, 1.54) is 0 Å². The molecule has 4 aliphatic rings. The average Bonchev–Trinajstić information content (AvgIpc) is 2.91. The van der Waals surface area contributed by atoms with Crippen LogP contribution in [0.15, 0.2) is 11.6 Å². The van der Waals surface area contributed by atoms with Crippen molar-refractivity contribution in [3.8, 4) is 0 Å². The number of aliphatic hydroxyl groups is 3. The van der Waals surface area contributed by atoms with Crippen molar-refractivity contribution in [3.05, 3.63) is 11.6 Å². The molecule has 7 atom stereocenters. The van der Waals surface area contributed by atoms with Gasteiger partial charge in [-0.25, -0.2) is 0 Å². The summed E-state index contributed by atoms with van der Waals surface area (Å²) in [6.07, 6.45) is 5.65. The summed E-state index contributed by atoms with van der Waals surface area (Å²) in [6.45, 7) is 1.62. The molecule has 0 aliphatic heterocycles. The van der Waals surface area contributed by atoms with Gasteiger partial charge in [-0.15, -0.1) is 0 Å². The molecule has 0 aromatic rings. The van der Waals surface area contributed by atoms with Crippen LogP contribution in [0.2, 0.25) is 0 Å². The van der Waals surface area contributed by atoms with E-state index in [2.05, 4.69) is 6.92 Å². The van der Waals surface area contributed by atoms with E-state index in [-0.39, 0.29) is 41.2 Å². The van der Waals surface area contributed by atoms with Gasteiger partial charge in [0, 0.05) is 18.8 Å². The lowest BCUT2D eigenvalue weighted by atomic mass is 9.48. The van der Waals surface area contributed by atoms with Crippen LogP contribution >= 0.6 is 0 Å². The zero-order chi connectivity index (χ0) is 18.0. The zero-order valence-electron chi connectivity index (χ0n) is 14.8. The van der Waals surface area contributed by atoms with E-state index in [1.54, 1.807) is 6.08 Å². The number of hydrogen-bond acceptors (Lipinski definition) is 5. The Morgan fingerprint density at radius 1 is 1.28 bits per heavy atom. The molecule has 0 spiro atoms. The van der Waals surface area contributed by atoms with Gasteiger partial charge in [0.05, 0.1) is 11.7 Å². The maximum absolute atomic E-state index is 12.1. The third-order valence-corrected chi connectivity index (χ3v) is 7.93. The van der Waals surface area contributed by atoms with Gasteiger partial charge in [0.15, 0.2) is 11.6 Å². The molecule has 0 aromatic heterocycles. The molecule has 0 heterocycles. The van der Waals surface area contributed by atoms with E-state index in [0.717, 1.165) is 31.3 Å². The highest BCUT2D eigenvalue weighted by molar-refractivity contribution is 5.91. The first-order chi connectivity index (χ1) is 11.8. The normalized spacial score (nSPS) is 49.0. The predicted octanol–water partition coefficient (Wildman–Crippen LogP) is 1.39. The summed E-state index contributed by atoms with van der Waals surface area (Å²) in [5, 5.41) is 31.6. The summed E-state index contributed by atoms with van der Waals surface area (Å²) in [5.74, 6) is -0.480. The molecule has 138 valence electrons. The number of carbonyl (C=O) groups excluding carboxylic acids is 2. The summed E-state index contributed by atoms with van der Waals surface area (Å²) in [4.78, 5) is 24.0. The Kier molecular flexibility index (Phi) is 3.98. The second-order valence-corrected chi connectivity index (χ2v) is 8.91. The Labute approximate surface area is 148 Å². The molecule has 5 heteroatoms. The monoisotopic (exact) mass is 348 g/mol. The van der Waals surface area contributed by atoms with Crippen molar-refractivity contribution in [2.75, 3.05) is 6.61 Å². The second-order valence-electron chi connectivity index (χ2n) is 8.91. The van der Waals surface area contributed by atoms with Crippen molar-refractivity contribution in [2.24, 2.45) is 29.1 Å². The first-order valence-electron chi connectivity index (χ1n) is 9.59. The van der Waals surface area contributed by atoms with Crippen LogP contribution in [-0.4, -0.2) is 45.2 Å². The minimum atomic E-state index is -1.19. The lowest BCUT2D eigenvalue weighted by molar-refractivity contribution is -0.179. The minimum Gasteiger partial charge on any atom is -0.393 e. The third-order valence-electron chi connectivity index (χ3n) is 7.93. The Morgan fingerprint density at radius 3 is 2.76 bits per heavy atom. The molecule has 3 N–H and O–H groups in total. The Balaban J connectivity index is 1.70. The highest BCUT2D eigenvalue weighted by atomic mass is 16.3. The van der Waals surface area contributed by atoms with Crippen LogP contribution in [0.5, 0.6) is 0 Å². The van der Waals surface area contributed by atoms with Crippen LogP contribution in [-0.2, 0) is 9.59 Å². The lowest BCUT2D eigenvalue weighted by Gasteiger charge is -2.59. The maximum Gasteiger partial charge on any atom is 0.164 e.